The fraction of sp³-hybridized carbons (Fsp3) is 0.471. The largest absolute Gasteiger partial charge is 0.457 e. The molecule has 0 radical (unpaired) electrons. The second kappa shape index (κ2) is 6.80. The molecule has 9 heteroatoms. The number of nitrogens with two attached hydrogens (primary N) is 1. The van der Waals surface area contributed by atoms with Gasteiger partial charge in [0.1, 0.15) is 11.1 Å². The van der Waals surface area contributed by atoms with E-state index in [2.05, 4.69) is 4.99 Å². The highest BCUT2D eigenvalue weighted by atomic mass is 35.5. The number of thiophene rings is 1. The molecule has 3 heterocycles. The summed E-state index contributed by atoms with van der Waals surface area (Å²) in [6.45, 7) is 3.85. The van der Waals surface area contributed by atoms with Gasteiger partial charge < -0.3 is 15.9 Å². The molecular weight excluding hydrogens is 392 g/mol. The van der Waals surface area contributed by atoms with Gasteiger partial charge >= 0.3 is 0 Å². The zero-order valence-corrected chi connectivity index (χ0v) is 16.8. The van der Waals surface area contributed by atoms with Gasteiger partial charge in [-0.05, 0) is 25.5 Å². The van der Waals surface area contributed by atoms with E-state index in [-0.39, 0.29) is 6.02 Å². The minimum atomic E-state index is -0.876. The number of nitriles is 1. The topological polar surface area (TPSA) is 112 Å². The van der Waals surface area contributed by atoms with Crippen molar-refractivity contribution in [2.75, 3.05) is 11.5 Å². The number of nitrogens with zero attached hydrogens (tertiary/aromatic N) is 2. The lowest BCUT2D eigenvalue weighted by atomic mass is 9.85. The van der Waals surface area contributed by atoms with Gasteiger partial charge in [0.2, 0.25) is 0 Å². The van der Waals surface area contributed by atoms with E-state index in [0.717, 1.165) is 21.5 Å². The minimum absolute atomic E-state index is 0.0991. The predicted molar refractivity (Wildman–Crippen MR) is 106 cm³/mol. The van der Waals surface area contributed by atoms with Crippen molar-refractivity contribution in [3.8, 4) is 6.07 Å². The molecule has 1 aromatic heterocycles. The quantitative estimate of drug-likeness (QED) is 0.742. The second-order valence-electron chi connectivity index (χ2n) is 6.87. The van der Waals surface area contributed by atoms with E-state index in [0.29, 0.717) is 22.9 Å². The molecule has 2 aliphatic rings. The third kappa shape index (κ3) is 3.43. The number of hydrogen-bond donors (Lipinski definition) is 2. The molecule has 1 fully saturated rings. The Hall–Kier alpha value is -1.69. The van der Waals surface area contributed by atoms with Crippen molar-refractivity contribution in [1.29, 1.82) is 10.7 Å². The van der Waals surface area contributed by atoms with E-state index in [1.807, 2.05) is 26.0 Å². The van der Waals surface area contributed by atoms with Gasteiger partial charge in [-0.2, -0.15) is 5.26 Å². The van der Waals surface area contributed by atoms with E-state index in [4.69, 9.17) is 32.7 Å². The normalized spacial score (nSPS) is 32.2. The third-order valence-corrected chi connectivity index (χ3v) is 8.15. The van der Waals surface area contributed by atoms with E-state index >= 15 is 0 Å². The lowest BCUT2D eigenvalue weighted by Crippen LogP contribution is -2.60. The SMILES string of the molecule is C/C(=C\C(C#N)C=N)c1cc(Cl)c(C2(C)CC3(CS(=O)C3)OC(N)=N2)s1. The molecule has 2 atom stereocenters. The monoisotopic (exact) mass is 410 g/mol. The molecule has 2 unspecified atom stereocenters. The molecule has 6 nitrogen and oxygen atoms in total. The highest BCUT2D eigenvalue weighted by Crippen LogP contribution is 2.48. The summed E-state index contributed by atoms with van der Waals surface area (Å²) in [6, 6.07) is 4.00. The van der Waals surface area contributed by atoms with Gasteiger partial charge in [0.15, 0.2) is 0 Å². The third-order valence-electron chi connectivity index (χ3n) is 4.52. The van der Waals surface area contributed by atoms with Crippen LogP contribution in [-0.4, -0.2) is 33.6 Å². The summed E-state index contributed by atoms with van der Waals surface area (Å²) in [5.74, 6) is 0.341. The summed E-state index contributed by atoms with van der Waals surface area (Å²) in [6.07, 6.45) is 3.40. The molecule has 3 N–H and O–H groups in total. The number of halogens is 1. The van der Waals surface area contributed by atoms with Crippen molar-refractivity contribution in [3.63, 3.8) is 0 Å². The van der Waals surface area contributed by atoms with Crippen LogP contribution in [-0.2, 0) is 21.1 Å². The fourth-order valence-electron chi connectivity index (χ4n) is 3.43. The maximum Gasteiger partial charge on any atom is 0.283 e. The Morgan fingerprint density at radius 3 is 2.92 bits per heavy atom. The van der Waals surface area contributed by atoms with Crippen LogP contribution in [0.2, 0.25) is 5.02 Å². The number of nitrogens with one attached hydrogen (secondary N) is 1. The molecule has 2 aliphatic heterocycles. The Morgan fingerprint density at radius 2 is 2.35 bits per heavy atom. The van der Waals surface area contributed by atoms with Crippen LogP contribution in [0.4, 0.5) is 0 Å². The average molecular weight is 411 g/mol. The van der Waals surface area contributed by atoms with Crippen LogP contribution in [0, 0.1) is 22.7 Å². The van der Waals surface area contributed by atoms with Gasteiger partial charge in [0.25, 0.3) is 6.02 Å². The standard InChI is InChI=1S/C17H19ClN4O2S2/c1-10(3-11(5-19)6-20)13-4-12(18)14(25-13)16(2)7-17(8-26(23)9-17)24-15(21)22-16/h3-5,11,19H,7-9H2,1-2H3,(H2,21,22)/b10-3+,19-5?. The average Bonchev–Trinajstić information content (AvgIpc) is 2.93. The first-order valence-corrected chi connectivity index (χ1v) is 10.7. The molecular formula is C17H19ClN4O2S2. The Morgan fingerprint density at radius 1 is 1.65 bits per heavy atom. The molecule has 138 valence electrons. The number of rotatable bonds is 4. The minimum Gasteiger partial charge on any atom is -0.457 e. The highest BCUT2D eigenvalue weighted by Gasteiger charge is 2.54. The summed E-state index contributed by atoms with van der Waals surface area (Å²) in [7, 11) is -0.876. The Balaban J connectivity index is 1.96. The zero-order chi connectivity index (χ0) is 19.1. The van der Waals surface area contributed by atoms with Crippen molar-refractivity contribution in [2.45, 2.75) is 31.4 Å². The molecule has 0 amide bonds. The van der Waals surface area contributed by atoms with Crippen molar-refractivity contribution in [2.24, 2.45) is 16.6 Å². The summed E-state index contributed by atoms with van der Waals surface area (Å²) in [5.41, 5.74) is 5.61. The summed E-state index contributed by atoms with van der Waals surface area (Å²) < 4.78 is 17.3. The molecule has 26 heavy (non-hydrogen) atoms. The smallest absolute Gasteiger partial charge is 0.283 e. The number of allylic oxidation sites excluding steroid dienone is 2. The molecule has 0 aliphatic carbocycles. The zero-order valence-electron chi connectivity index (χ0n) is 14.4. The van der Waals surface area contributed by atoms with Crippen LogP contribution in [0.3, 0.4) is 0 Å². The maximum atomic E-state index is 11.6. The number of amidine groups is 1. The van der Waals surface area contributed by atoms with Crippen LogP contribution in [0.15, 0.2) is 17.1 Å². The van der Waals surface area contributed by atoms with Crippen molar-refractivity contribution in [1.82, 2.24) is 0 Å². The Kier molecular flexibility index (Phi) is 4.99. The highest BCUT2D eigenvalue weighted by molar-refractivity contribution is 7.86. The predicted octanol–water partition coefficient (Wildman–Crippen LogP) is 3.05. The second-order valence-corrected chi connectivity index (χ2v) is 9.79. The van der Waals surface area contributed by atoms with Gasteiger partial charge in [-0.3, -0.25) is 4.21 Å². The first-order valence-electron chi connectivity index (χ1n) is 7.98. The Bertz CT molecular complexity index is 878. The van der Waals surface area contributed by atoms with Crippen LogP contribution < -0.4 is 5.73 Å². The molecule has 1 saturated heterocycles. The fourth-order valence-corrected chi connectivity index (χ4v) is 6.46. The molecule has 0 saturated carbocycles. The maximum absolute atomic E-state index is 11.6. The summed E-state index contributed by atoms with van der Waals surface area (Å²) in [5, 5.41) is 16.9. The Labute approximate surface area is 163 Å². The van der Waals surface area contributed by atoms with E-state index in [1.54, 1.807) is 6.08 Å². The summed E-state index contributed by atoms with van der Waals surface area (Å²) >= 11 is 8.00. The number of hydrogen-bond acceptors (Lipinski definition) is 7. The lowest BCUT2D eigenvalue weighted by Gasteiger charge is -2.47. The van der Waals surface area contributed by atoms with Gasteiger partial charge in [-0.1, -0.05) is 17.7 Å². The van der Waals surface area contributed by atoms with Crippen LogP contribution in [0.25, 0.3) is 5.57 Å². The first kappa shape index (κ1) is 19.1. The van der Waals surface area contributed by atoms with E-state index in [1.165, 1.54) is 11.3 Å². The van der Waals surface area contributed by atoms with Gasteiger partial charge in [-0.15, -0.1) is 11.3 Å². The molecule has 3 rings (SSSR count). The molecule has 1 spiro atoms. The van der Waals surface area contributed by atoms with Gasteiger partial charge in [0, 0.05) is 28.3 Å². The van der Waals surface area contributed by atoms with Gasteiger partial charge in [-0.25, -0.2) is 4.99 Å². The number of aliphatic imine (C=N–C) groups is 1. The first-order chi connectivity index (χ1) is 12.2. The van der Waals surface area contributed by atoms with Crippen molar-refractivity contribution >= 4 is 51.5 Å². The number of ether oxygens (including phenoxy) is 1. The van der Waals surface area contributed by atoms with E-state index in [9.17, 15) is 4.21 Å². The van der Waals surface area contributed by atoms with E-state index < -0.39 is 27.9 Å². The van der Waals surface area contributed by atoms with Crippen molar-refractivity contribution < 1.29 is 8.95 Å². The lowest BCUT2D eigenvalue weighted by molar-refractivity contribution is 0.0355. The molecule has 0 aromatic carbocycles. The summed E-state index contributed by atoms with van der Waals surface area (Å²) in [4.78, 5) is 6.29. The van der Waals surface area contributed by atoms with Crippen LogP contribution in [0.1, 0.15) is 30.0 Å². The molecule has 1 aromatic rings. The molecule has 0 bridgehead atoms. The van der Waals surface area contributed by atoms with Gasteiger partial charge in [0.05, 0.1) is 33.4 Å². The van der Waals surface area contributed by atoms with Crippen LogP contribution >= 0.6 is 22.9 Å². The van der Waals surface area contributed by atoms with Crippen molar-refractivity contribution in [3.05, 3.63) is 26.9 Å². The van der Waals surface area contributed by atoms with Crippen LogP contribution in [0.5, 0.6) is 0 Å².